The molecule has 1 rings (SSSR count). The molecule has 0 radical (unpaired) electrons. The van der Waals surface area contributed by atoms with E-state index in [-0.39, 0.29) is 5.91 Å². The smallest absolute Gasteiger partial charge is 0.241 e. The predicted octanol–water partition coefficient (Wildman–Crippen LogP) is 1.84. The summed E-state index contributed by atoms with van der Waals surface area (Å²) in [5.74, 6) is 0.0414. The summed E-state index contributed by atoms with van der Waals surface area (Å²) in [5.41, 5.74) is 7.09. The topological polar surface area (TPSA) is 49.6 Å². The Labute approximate surface area is 107 Å². The van der Waals surface area contributed by atoms with Gasteiger partial charge in [0.1, 0.15) is 0 Å². The number of nitrogens with zero attached hydrogens (tertiary/aromatic N) is 2. The molecule has 0 bridgehead atoms. The Morgan fingerprint density at radius 2 is 2.06 bits per heavy atom. The number of hydrogen-bond donors (Lipinski definition) is 1. The van der Waals surface area contributed by atoms with E-state index in [9.17, 15) is 4.79 Å². The van der Waals surface area contributed by atoms with Crippen LogP contribution in [-0.4, -0.2) is 38.0 Å². The van der Waals surface area contributed by atoms with Crippen molar-refractivity contribution >= 4 is 28.9 Å². The van der Waals surface area contributed by atoms with Gasteiger partial charge in [0.25, 0.3) is 0 Å². The Kier molecular flexibility index (Phi) is 4.63. The average Bonchev–Trinajstić information content (AvgIpc) is 2.26. The van der Waals surface area contributed by atoms with E-state index in [1.54, 1.807) is 31.1 Å². The van der Waals surface area contributed by atoms with Crippen LogP contribution in [0.25, 0.3) is 0 Å². The van der Waals surface area contributed by atoms with Crippen LogP contribution in [0.1, 0.15) is 6.92 Å². The third-order valence-corrected chi connectivity index (χ3v) is 2.82. The SMILES string of the molecule is CCN(CC(=O)N(C)C)c1ccc(N)cc1Cl. The molecule has 0 atom stereocenters. The molecule has 0 unspecified atom stereocenters. The van der Waals surface area contributed by atoms with Crippen molar-refractivity contribution in [1.29, 1.82) is 0 Å². The summed E-state index contributed by atoms with van der Waals surface area (Å²) >= 11 is 6.12. The van der Waals surface area contributed by atoms with Gasteiger partial charge < -0.3 is 15.5 Å². The normalized spacial score (nSPS) is 10.1. The standard InChI is InChI=1S/C12H18ClN3O/c1-4-16(8-12(17)15(2)3)11-6-5-9(14)7-10(11)13/h5-7H,4,8,14H2,1-3H3. The highest BCUT2D eigenvalue weighted by molar-refractivity contribution is 6.33. The molecule has 0 aliphatic rings. The van der Waals surface area contributed by atoms with Crippen molar-refractivity contribution < 1.29 is 4.79 Å². The van der Waals surface area contributed by atoms with E-state index in [4.69, 9.17) is 17.3 Å². The first-order valence-corrected chi connectivity index (χ1v) is 5.83. The average molecular weight is 256 g/mol. The van der Waals surface area contributed by atoms with Crippen molar-refractivity contribution in [3.8, 4) is 0 Å². The van der Waals surface area contributed by atoms with Crippen LogP contribution in [0, 0.1) is 0 Å². The van der Waals surface area contributed by atoms with Gasteiger partial charge in [0.15, 0.2) is 0 Å². The second kappa shape index (κ2) is 5.77. The fourth-order valence-corrected chi connectivity index (χ4v) is 1.76. The highest BCUT2D eigenvalue weighted by Gasteiger charge is 2.14. The third kappa shape index (κ3) is 3.53. The van der Waals surface area contributed by atoms with E-state index < -0.39 is 0 Å². The number of hydrogen-bond acceptors (Lipinski definition) is 3. The van der Waals surface area contributed by atoms with Crippen molar-refractivity contribution in [3.63, 3.8) is 0 Å². The minimum Gasteiger partial charge on any atom is -0.399 e. The van der Waals surface area contributed by atoms with Crippen LogP contribution in [0.2, 0.25) is 5.02 Å². The Morgan fingerprint density at radius 3 is 2.53 bits per heavy atom. The molecule has 0 fully saturated rings. The molecule has 5 heteroatoms. The fourth-order valence-electron chi connectivity index (χ4n) is 1.45. The molecule has 0 heterocycles. The number of amides is 1. The zero-order chi connectivity index (χ0) is 13.0. The monoisotopic (exact) mass is 255 g/mol. The summed E-state index contributed by atoms with van der Waals surface area (Å²) in [6, 6.07) is 5.31. The van der Waals surface area contributed by atoms with Gasteiger partial charge >= 0.3 is 0 Å². The number of rotatable bonds is 4. The van der Waals surface area contributed by atoms with Gasteiger partial charge in [0.2, 0.25) is 5.91 Å². The lowest BCUT2D eigenvalue weighted by Gasteiger charge is -2.25. The van der Waals surface area contributed by atoms with E-state index in [1.807, 2.05) is 17.9 Å². The minimum absolute atomic E-state index is 0.0414. The number of nitrogens with two attached hydrogens (primary N) is 1. The highest BCUT2D eigenvalue weighted by Crippen LogP contribution is 2.27. The summed E-state index contributed by atoms with van der Waals surface area (Å²) in [4.78, 5) is 15.2. The molecule has 0 aliphatic carbocycles. The fraction of sp³-hybridized carbons (Fsp3) is 0.417. The Balaban J connectivity index is 2.90. The van der Waals surface area contributed by atoms with Gasteiger partial charge in [-0.2, -0.15) is 0 Å². The van der Waals surface area contributed by atoms with E-state index in [2.05, 4.69) is 0 Å². The van der Waals surface area contributed by atoms with Gasteiger partial charge in [0.05, 0.1) is 17.3 Å². The van der Waals surface area contributed by atoms with Crippen molar-refractivity contribution in [3.05, 3.63) is 23.2 Å². The van der Waals surface area contributed by atoms with E-state index in [1.165, 1.54) is 0 Å². The van der Waals surface area contributed by atoms with Crippen LogP contribution in [-0.2, 0) is 4.79 Å². The quantitative estimate of drug-likeness (QED) is 0.836. The van der Waals surface area contributed by atoms with Gasteiger partial charge in [-0.05, 0) is 25.1 Å². The van der Waals surface area contributed by atoms with E-state index in [0.29, 0.717) is 23.8 Å². The maximum Gasteiger partial charge on any atom is 0.241 e. The van der Waals surface area contributed by atoms with Crippen LogP contribution < -0.4 is 10.6 Å². The van der Waals surface area contributed by atoms with Crippen LogP contribution in [0.4, 0.5) is 11.4 Å². The molecule has 0 aliphatic heterocycles. The van der Waals surface area contributed by atoms with Crippen molar-refractivity contribution in [1.82, 2.24) is 4.90 Å². The number of benzene rings is 1. The van der Waals surface area contributed by atoms with E-state index >= 15 is 0 Å². The highest BCUT2D eigenvalue weighted by atomic mass is 35.5. The molecule has 94 valence electrons. The number of anilines is 2. The second-order valence-corrected chi connectivity index (χ2v) is 4.42. The van der Waals surface area contributed by atoms with Crippen molar-refractivity contribution in [2.24, 2.45) is 0 Å². The second-order valence-electron chi connectivity index (χ2n) is 4.01. The molecule has 2 N–H and O–H groups in total. The molecule has 0 aromatic heterocycles. The van der Waals surface area contributed by atoms with Gasteiger partial charge in [0, 0.05) is 26.3 Å². The number of carbonyl (C=O) groups is 1. The molecule has 0 saturated heterocycles. The summed E-state index contributed by atoms with van der Waals surface area (Å²) in [6.45, 7) is 3.01. The van der Waals surface area contributed by atoms with E-state index in [0.717, 1.165) is 5.69 Å². The van der Waals surface area contributed by atoms with Gasteiger partial charge in [-0.3, -0.25) is 4.79 Å². The number of carbonyl (C=O) groups excluding carboxylic acids is 1. The lowest BCUT2D eigenvalue weighted by molar-refractivity contribution is -0.127. The Morgan fingerprint density at radius 1 is 1.41 bits per heavy atom. The Hall–Kier alpha value is -1.42. The summed E-state index contributed by atoms with van der Waals surface area (Å²) < 4.78 is 0. The summed E-state index contributed by atoms with van der Waals surface area (Å²) in [6.07, 6.45) is 0. The maximum atomic E-state index is 11.7. The predicted molar refractivity (Wildman–Crippen MR) is 72.4 cm³/mol. The van der Waals surface area contributed by atoms with Gasteiger partial charge in [-0.25, -0.2) is 0 Å². The number of likely N-dealkylation sites (N-methyl/N-ethyl adjacent to an activating group) is 2. The zero-order valence-corrected chi connectivity index (χ0v) is 11.2. The first kappa shape index (κ1) is 13.6. The molecular formula is C12H18ClN3O. The van der Waals surface area contributed by atoms with Gasteiger partial charge in [-0.1, -0.05) is 11.6 Å². The summed E-state index contributed by atoms with van der Waals surface area (Å²) in [5, 5.41) is 0.568. The van der Waals surface area contributed by atoms with Crippen LogP contribution in [0.5, 0.6) is 0 Å². The molecule has 1 aromatic carbocycles. The minimum atomic E-state index is 0.0414. The first-order valence-electron chi connectivity index (χ1n) is 5.45. The number of nitrogen functional groups attached to an aromatic ring is 1. The van der Waals surface area contributed by atoms with Crippen LogP contribution in [0.3, 0.4) is 0 Å². The first-order chi connectivity index (χ1) is 7.95. The molecule has 1 amide bonds. The molecule has 1 aromatic rings. The molecule has 0 spiro atoms. The lowest BCUT2D eigenvalue weighted by Crippen LogP contribution is -2.36. The maximum absolute atomic E-state index is 11.7. The zero-order valence-electron chi connectivity index (χ0n) is 10.4. The molecule has 0 saturated carbocycles. The number of halogens is 1. The largest absolute Gasteiger partial charge is 0.399 e. The lowest BCUT2D eigenvalue weighted by atomic mass is 10.2. The third-order valence-electron chi connectivity index (χ3n) is 2.52. The van der Waals surface area contributed by atoms with Gasteiger partial charge in [-0.15, -0.1) is 0 Å². The van der Waals surface area contributed by atoms with Crippen molar-refractivity contribution in [2.45, 2.75) is 6.92 Å². The molecule has 4 nitrogen and oxygen atoms in total. The van der Waals surface area contributed by atoms with Crippen molar-refractivity contribution in [2.75, 3.05) is 37.8 Å². The summed E-state index contributed by atoms with van der Waals surface area (Å²) in [7, 11) is 3.47. The van der Waals surface area contributed by atoms with Crippen LogP contribution in [0.15, 0.2) is 18.2 Å². The molecule has 17 heavy (non-hydrogen) atoms. The Bertz CT molecular complexity index is 407. The van der Waals surface area contributed by atoms with Crippen LogP contribution >= 0.6 is 11.6 Å². The molecular weight excluding hydrogens is 238 g/mol.